The van der Waals surface area contributed by atoms with Gasteiger partial charge in [0.05, 0.1) is 24.6 Å². The Labute approximate surface area is 198 Å². The summed E-state index contributed by atoms with van der Waals surface area (Å²) in [6.07, 6.45) is -3.32. The third-order valence-electron chi connectivity index (χ3n) is 4.48. The van der Waals surface area contributed by atoms with Gasteiger partial charge < -0.3 is 9.47 Å². The van der Waals surface area contributed by atoms with Gasteiger partial charge in [0.25, 0.3) is 5.91 Å². The number of anilines is 1. The fraction of sp³-hybridized carbons (Fsp3) is 0.125. The van der Waals surface area contributed by atoms with Gasteiger partial charge in [-0.3, -0.25) is 4.79 Å². The van der Waals surface area contributed by atoms with Crippen molar-refractivity contribution in [1.29, 1.82) is 0 Å². The van der Waals surface area contributed by atoms with Gasteiger partial charge in [0.2, 0.25) is 0 Å². The van der Waals surface area contributed by atoms with Gasteiger partial charge in [0, 0.05) is 5.02 Å². The molecule has 3 aromatic rings. The van der Waals surface area contributed by atoms with Crippen LogP contribution in [0.1, 0.15) is 21.5 Å². The van der Waals surface area contributed by atoms with Gasteiger partial charge in [-0.2, -0.15) is 23.3 Å². The topological polar surface area (TPSA) is 68.2 Å². The molecule has 0 aliphatic carbocycles. The monoisotopic (exact) mass is 490 g/mol. The fourth-order valence-corrected chi connectivity index (χ4v) is 3.03. The average molecular weight is 491 g/mol. The quantitative estimate of drug-likeness (QED) is 0.246. The molecule has 0 bridgehead atoms. The first kappa shape index (κ1) is 24.8. The molecular weight excluding hydrogens is 473 g/mol. The summed E-state index contributed by atoms with van der Waals surface area (Å²) in [5.41, 5.74) is -0.518. The summed E-state index contributed by atoms with van der Waals surface area (Å²) >= 11 is 5.91. The van der Waals surface area contributed by atoms with E-state index in [2.05, 4.69) is 5.10 Å². The molecule has 0 heterocycles. The number of amides is 1. The number of ether oxygens (including phenoxy) is 2. The number of nitrogens with zero attached hydrogens (tertiary/aromatic N) is 2. The zero-order valence-electron chi connectivity index (χ0n) is 17.8. The standard InChI is InChI=1S/C24H18ClF3N2O4/c1-33-21-11-10-18(25)13-20(21)23(32)34-15-22(31)30(29-14-16-6-3-2-4-7-16)19-9-5-8-17(12-19)24(26,27)28/h2-14H,15H2,1H3. The summed E-state index contributed by atoms with van der Waals surface area (Å²) in [4.78, 5) is 25.4. The van der Waals surface area contributed by atoms with Crippen LogP contribution in [0.15, 0.2) is 77.9 Å². The van der Waals surface area contributed by atoms with Crippen molar-refractivity contribution >= 4 is 35.4 Å². The van der Waals surface area contributed by atoms with Crippen molar-refractivity contribution in [1.82, 2.24) is 0 Å². The molecule has 0 aliphatic heterocycles. The third kappa shape index (κ3) is 6.35. The van der Waals surface area contributed by atoms with Crippen molar-refractivity contribution in [3.63, 3.8) is 0 Å². The molecule has 10 heteroatoms. The minimum atomic E-state index is -4.62. The van der Waals surface area contributed by atoms with Gasteiger partial charge >= 0.3 is 12.1 Å². The number of hydrazone groups is 1. The number of carbonyl (C=O) groups excluding carboxylic acids is 2. The van der Waals surface area contributed by atoms with Crippen LogP contribution in [-0.2, 0) is 15.7 Å². The van der Waals surface area contributed by atoms with E-state index in [0.29, 0.717) is 5.56 Å². The molecule has 3 rings (SSSR count). The van der Waals surface area contributed by atoms with Crippen LogP contribution in [-0.4, -0.2) is 31.8 Å². The normalized spacial score (nSPS) is 11.3. The Bertz CT molecular complexity index is 1200. The molecule has 3 aromatic carbocycles. The Kier molecular flexibility index (Phi) is 7.91. The van der Waals surface area contributed by atoms with Crippen molar-refractivity contribution in [3.05, 3.63) is 94.5 Å². The lowest BCUT2D eigenvalue weighted by atomic mass is 10.2. The number of methoxy groups -OCH3 is 1. The van der Waals surface area contributed by atoms with Gasteiger partial charge in [-0.05, 0) is 42.0 Å². The van der Waals surface area contributed by atoms with Crippen LogP contribution in [0.2, 0.25) is 5.02 Å². The fourth-order valence-electron chi connectivity index (χ4n) is 2.86. The summed E-state index contributed by atoms with van der Waals surface area (Å²) < 4.78 is 49.8. The van der Waals surface area contributed by atoms with Crippen LogP contribution in [0.3, 0.4) is 0 Å². The predicted octanol–water partition coefficient (Wildman–Crippen LogP) is 5.59. The largest absolute Gasteiger partial charge is 0.496 e. The average Bonchev–Trinajstić information content (AvgIpc) is 2.83. The number of benzene rings is 3. The van der Waals surface area contributed by atoms with Crippen LogP contribution in [0.5, 0.6) is 5.75 Å². The maximum atomic E-state index is 13.2. The lowest BCUT2D eigenvalue weighted by Crippen LogP contribution is -2.31. The molecule has 6 nitrogen and oxygen atoms in total. The van der Waals surface area contributed by atoms with Crippen molar-refractivity contribution in [2.24, 2.45) is 5.10 Å². The number of hydrogen-bond donors (Lipinski definition) is 0. The molecular formula is C24H18ClF3N2O4. The molecule has 0 saturated carbocycles. The third-order valence-corrected chi connectivity index (χ3v) is 4.72. The zero-order valence-corrected chi connectivity index (χ0v) is 18.5. The van der Waals surface area contributed by atoms with E-state index >= 15 is 0 Å². The molecule has 0 aliphatic rings. The van der Waals surface area contributed by atoms with Crippen molar-refractivity contribution in [2.75, 3.05) is 18.7 Å². The van der Waals surface area contributed by atoms with Gasteiger partial charge in [0.15, 0.2) is 6.61 Å². The van der Waals surface area contributed by atoms with Crippen molar-refractivity contribution in [3.8, 4) is 5.75 Å². The Morgan fingerprint density at radius 1 is 1.03 bits per heavy atom. The van der Waals surface area contributed by atoms with E-state index < -0.39 is 30.2 Å². The summed E-state index contributed by atoms with van der Waals surface area (Å²) in [7, 11) is 1.35. The van der Waals surface area contributed by atoms with E-state index in [1.165, 1.54) is 37.6 Å². The Hall–Kier alpha value is -3.85. The summed E-state index contributed by atoms with van der Waals surface area (Å²) in [5, 5.41) is 5.03. The highest BCUT2D eigenvalue weighted by Crippen LogP contribution is 2.32. The molecule has 176 valence electrons. The summed E-state index contributed by atoms with van der Waals surface area (Å²) in [5.74, 6) is -1.59. The second-order valence-corrected chi connectivity index (χ2v) is 7.27. The Morgan fingerprint density at radius 2 is 1.76 bits per heavy atom. The molecule has 0 N–H and O–H groups in total. The molecule has 0 spiro atoms. The molecule has 0 unspecified atom stereocenters. The number of halogens is 4. The van der Waals surface area contributed by atoms with Crippen LogP contribution in [0.25, 0.3) is 0 Å². The SMILES string of the molecule is COc1ccc(Cl)cc1C(=O)OCC(=O)N(N=Cc1ccccc1)c1cccc(C(F)(F)F)c1. The smallest absolute Gasteiger partial charge is 0.416 e. The Balaban J connectivity index is 1.86. The highest BCUT2D eigenvalue weighted by atomic mass is 35.5. The van der Waals surface area contributed by atoms with E-state index in [4.69, 9.17) is 21.1 Å². The Morgan fingerprint density at radius 3 is 2.44 bits per heavy atom. The molecule has 0 radical (unpaired) electrons. The van der Waals surface area contributed by atoms with Crippen LogP contribution in [0.4, 0.5) is 18.9 Å². The van der Waals surface area contributed by atoms with E-state index in [-0.39, 0.29) is 22.0 Å². The minimum absolute atomic E-state index is 0.0128. The predicted molar refractivity (Wildman–Crippen MR) is 121 cm³/mol. The van der Waals surface area contributed by atoms with E-state index in [9.17, 15) is 22.8 Å². The number of alkyl halides is 3. The highest BCUT2D eigenvalue weighted by Gasteiger charge is 2.31. The van der Waals surface area contributed by atoms with Crippen LogP contribution < -0.4 is 9.75 Å². The van der Waals surface area contributed by atoms with E-state index in [0.717, 1.165) is 23.2 Å². The van der Waals surface area contributed by atoms with Gasteiger partial charge in [-0.25, -0.2) is 4.79 Å². The van der Waals surface area contributed by atoms with Crippen molar-refractivity contribution < 1.29 is 32.2 Å². The first-order valence-corrected chi connectivity index (χ1v) is 10.2. The lowest BCUT2D eigenvalue weighted by molar-refractivity contribution is -0.137. The summed E-state index contributed by atoms with van der Waals surface area (Å²) in [6, 6.07) is 17.0. The van der Waals surface area contributed by atoms with Crippen LogP contribution >= 0.6 is 11.6 Å². The minimum Gasteiger partial charge on any atom is -0.496 e. The van der Waals surface area contributed by atoms with Gasteiger partial charge in [-0.1, -0.05) is 48.0 Å². The number of hydrogen-bond acceptors (Lipinski definition) is 5. The van der Waals surface area contributed by atoms with Crippen LogP contribution in [0, 0.1) is 0 Å². The van der Waals surface area contributed by atoms with E-state index in [1.54, 1.807) is 30.3 Å². The number of rotatable bonds is 7. The van der Waals surface area contributed by atoms with Gasteiger partial charge in [0.1, 0.15) is 11.3 Å². The molecule has 0 saturated heterocycles. The maximum absolute atomic E-state index is 13.2. The number of esters is 1. The first-order valence-electron chi connectivity index (χ1n) is 9.79. The number of carbonyl (C=O) groups is 2. The second-order valence-electron chi connectivity index (χ2n) is 6.83. The molecule has 0 atom stereocenters. The zero-order chi connectivity index (χ0) is 24.7. The molecule has 1 amide bonds. The molecule has 34 heavy (non-hydrogen) atoms. The second kappa shape index (κ2) is 10.8. The lowest BCUT2D eigenvalue weighted by Gasteiger charge is -2.19. The highest BCUT2D eigenvalue weighted by molar-refractivity contribution is 6.31. The molecule has 0 fully saturated rings. The van der Waals surface area contributed by atoms with Gasteiger partial charge in [-0.15, -0.1) is 0 Å². The first-order chi connectivity index (χ1) is 16.2. The van der Waals surface area contributed by atoms with E-state index in [1.807, 2.05) is 0 Å². The maximum Gasteiger partial charge on any atom is 0.416 e. The summed E-state index contributed by atoms with van der Waals surface area (Å²) in [6.45, 7) is -0.795. The van der Waals surface area contributed by atoms with Crippen molar-refractivity contribution in [2.45, 2.75) is 6.18 Å². The molecule has 0 aromatic heterocycles.